The van der Waals surface area contributed by atoms with Gasteiger partial charge in [-0.15, -0.1) is 0 Å². The Morgan fingerprint density at radius 3 is 1.63 bits per heavy atom. The van der Waals surface area contributed by atoms with Crippen LogP contribution in [-0.4, -0.2) is 37.6 Å². The first-order valence-electron chi connectivity index (χ1n) is 23.6. The zero-order valence-electron chi connectivity index (χ0n) is 37.9. The van der Waals surface area contributed by atoms with Crippen LogP contribution >= 0.6 is 0 Å². The second kappa shape index (κ2) is 18.0. The van der Waals surface area contributed by atoms with Crippen LogP contribution in [0.4, 0.5) is 0 Å². The molecule has 2 aromatic carbocycles. The summed E-state index contributed by atoms with van der Waals surface area (Å²) in [7, 11) is -2.61. The summed E-state index contributed by atoms with van der Waals surface area (Å²) >= 11 is 0. The lowest BCUT2D eigenvalue weighted by Crippen LogP contribution is -2.48. The molecule has 1 unspecified atom stereocenters. The van der Waals surface area contributed by atoms with Crippen molar-refractivity contribution in [1.82, 2.24) is 0 Å². The number of aromatic hydroxyl groups is 2. The van der Waals surface area contributed by atoms with Gasteiger partial charge in [0.05, 0.1) is 16.1 Å². The van der Waals surface area contributed by atoms with E-state index >= 15 is 0 Å². The van der Waals surface area contributed by atoms with Crippen molar-refractivity contribution in [3.05, 3.63) is 69.8 Å². The number of aryl methyl sites for hydroxylation is 2. The molecule has 0 aromatic heterocycles. The molecule has 2 heterocycles. The van der Waals surface area contributed by atoms with Crippen molar-refractivity contribution in [3.8, 4) is 23.0 Å². The first-order chi connectivity index (χ1) is 27.1. The average Bonchev–Trinajstić information content (AvgIpc) is 3.17. The Bertz CT molecular complexity index is 1760. The zero-order chi connectivity index (χ0) is 41.2. The third kappa shape index (κ3) is 9.32. The second-order valence-electron chi connectivity index (χ2n) is 20.2. The van der Waals surface area contributed by atoms with Crippen LogP contribution in [0.5, 0.6) is 23.0 Å². The first kappa shape index (κ1) is 44.1. The molecule has 0 fully saturated rings. The van der Waals surface area contributed by atoms with Gasteiger partial charge < -0.3 is 19.7 Å². The number of fused-ring (bicyclic) bond motifs is 6. The van der Waals surface area contributed by atoms with E-state index in [1.54, 1.807) is 0 Å². The third-order valence-corrected chi connectivity index (χ3v) is 28.4. The average molecular weight is 813 g/mol. The number of rotatable bonds is 18. The van der Waals surface area contributed by atoms with Gasteiger partial charge >= 0.3 is 0 Å². The van der Waals surface area contributed by atoms with E-state index in [-0.39, 0.29) is 23.0 Å². The predicted molar refractivity (Wildman–Crippen MR) is 247 cm³/mol. The normalized spacial score (nSPS) is 25.2. The van der Waals surface area contributed by atoms with Crippen LogP contribution in [0.1, 0.15) is 161 Å². The summed E-state index contributed by atoms with van der Waals surface area (Å²) in [5.74, 6) is 3.97. The molecule has 0 saturated heterocycles. The smallest absolute Gasteiger partial charge is 0.127 e. The fourth-order valence-corrected chi connectivity index (χ4v) is 19.8. The molecule has 2 aliphatic carbocycles. The summed E-state index contributed by atoms with van der Waals surface area (Å²) in [5, 5.41) is 22.9. The summed E-state index contributed by atoms with van der Waals surface area (Å²) in [6, 6.07) is 19.6. The van der Waals surface area contributed by atoms with Crippen LogP contribution in [0.25, 0.3) is 0 Å². The molecule has 57 heavy (non-hydrogen) atoms. The van der Waals surface area contributed by atoms with Crippen LogP contribution in [0.15, 0.2) is 47.6 Å². The molecule has 6 rings (SSSR count). The van der Waals surface area contributed by atoms with Crippen LogP contribution in [0.2, 0.25) is 48.4 Å². The molecule has 0 bridgehead atoms. The standard InChI is InChI=1S/C51H80O4Si2/c1-11-56(12-2,13-3)28-18-21-39-33-45(53)49-41-31-37(7)23-25-43(41)51(10,55-47(49)35-39)26-19-29-57(14-4,15-5)27-17-16-20-38-32-44(52)48-40-30-36(6)22-24-42(40)50(8,9)54-46(48)34-38/h30-35,40-43,52-53H,11-29H2,1-10H3/t40-,41-,42-,43-,51?/m1/s1. The Balaban J connectivity index is 1.09. The van der Waals surface area contributed by atoms with Crippen LogP contribution in [0.3, 0.4) is 0 Å². The van der Waals surface area contributed by atoms with Gasteiger partial charge in [-0.3, -0.25) is 0 Å². The Morgan fingerprint density at radius 1 is 0.596 bits per heavy atom. The quantitative estimate of drug-likeness (QED) is 0.0894. The number of benzene rings is 2. The monoisotopic (exact) mass is 813 g/mol. The van der Waals surface area contributed by atoms with E-state index in [2.05, 4.69) is 99.6 Å². The van der Waals surface area contributed by atoms with Crippen molar-refractivity contribution < 1.29 is 19.7 Å². The molecule has 0 amide bonds. The molecule has 316 valence electrons. The Labute approximate surface area is 350 Å². The maximum absolute atomic E-state index is 11.6. The van der Waals surface area contributed by atoms with Crippen molar-refractivity contribution in [2.75, 3.05) is 0 Å². The molecule has 4 nitrogen and oxygen atoms in total. The molecule has 4 aliphatic rings. The Kier molecular flexibility index (Phi) is 14.0. The van der Waals surface area contributed by atoms with E-state index in [1.807, 2.05) is 6.07 Å². The van der Waals surface area contributed by atoms with Crippen molar-refractivity contribution in [2.24, 2.45) is 11.8 Å². The summed E-state index contributed by atoms with van der Waals surface area (Å²) < 4.78 is 13.8. The van der Waals surface area contributed by atoms with Gasteiger partial charge in [0, 0.05) is 34.8 Å². The molecule has 0 radical (unpaired) electrons. The SMILES string of the molecule is CC[Si](CC)(CC)CCCc1cc(O)c2c(c1)OC(C)(CCC[Si](CC)(CC)CCCCc1cc(O)c3c(c1)OC(C)(C)[C@@H]1CCC(C)=C[C@@H]31)[C@@H]1CCC(C)=C[C@@H]21. The highest BCUT2D eigenvalue weighted by molar-refractivity contribution is 6.80. The van der Waals surface area contributed by atoms with E-state index in [9.17, 15) is 10.2 Å². The lowest BCUT2D eigenvalue weighted by atomic mass is 9.66. The number of phenols is 2. The second-order valence-corrected chi connectivity index (χ2v) is 31.3. The number of phenolic OH excluding ortho intramolecular Hbond substituents is 2. The number of unbranched alkanes of at least 4 members (excludes halogenated alkanes) is 1. The predicted octanol–water partition coefficient (Wildman–Crippen LogP) is 15.0. The van der Waals surface area contributed by atoms with Crippen LogP contribution in [-0.2, 0) is 12.8 Å². The van der Waals surface area contributed by atoms with Crippen LogP contribution < -0.4 is 9.47 Å². The maximum atomic E-state index is 11.6. The highest BCUT2D eigenvalue weighted by Crippen LogP contribution is 2.56. The molecule has 0 saturated carbocycles. The van der Waals surface area contributed by atoms with E-state index < -0.39 is 16.1 Å². The fraction of sp³-hybridized carbons (Fsp3) is 0.686. The van der Waals surface area contributed by atoms with E-state index in [0.717, 1.165) is 74.0 Å². The van der Waals surface area contributed by atoms with Gasteiger partial charge in [-0.2, -0.15) is 0 Å². The largest absolute Gasteiger partial charge is 0.507 e. The zero-order valence-corrected chi connectivity index (χ0v) is 39.9. The van der Waals surface area contributed by atoms with Gasteiger partial charge in [-0.1, -0.05) is 126 Å². The molecular weight excluding hydrogens is 733 g/mol. The number of ether oxygens (including phenoxy) is 2. The summed E-state index contributed by atoms with van der Waals surface area (Å²) in [6.45, 7) is 23.5. The molecule has 2 aromatic rings. The van der Waals surface area contributed by atoms with Gasteiger partial charge in [-0.05, 0) is 121 Å². The molecule has 5 atom stereocenters. The van der Waals surface area contributed by atoms with Crippen molar-refractivity contribution in [2.45, 2.75) is 211 Å². The maximum Gasteiger partial charge on any atom is 0.127 e. The number of allylic oxidation sites excluding steroid dienone is 4. The van der Waals surface area contributed by atoms with Crippen LogP contribution in [0, 0.1) is 11.8 Å². The Morgan fingerprint density at radius 2 is 1.07 bits per heavy atom. The minimum atomic E-state index is -1.45. The topological polar surface area (TPSA) is 58.9 Å². The van der Waals surface area contributed by atoms with Gasteiger partial charge in [0.25, 0.3) is 0 Å². The van der Waals surface area contributed by atoms with E-state index in [4.69, 9.17) is 9.47 Å². The molecular formula is C51H80O4Si2. The molecule has 0 spiro atoms. The van der Waals surface area contributed by atoms with Crippen molar-refractivity contribution >= 4 is 16.1 Å². The van der Waals surface area contributed by atoms with Gasteiger partial charge in [0.1, 0.15) is 34.2 Å². The third-order valence-electron chi connectivity index (χ3n) is 16.6. The van der Waals surface area contributed by atoms with Crippen molar-refractivity contribution in [3.63, 3.8) is 0 Å². The molecule has 2 N–H and O–H groups in total. The number of hydrogen-bond donors (Lipinski definition) is 2. The van der Waals surface area contributed by atoms with Gasteiger partial charge in [0.15, 0.2) is 0 Å². The summed E-state index contributed by atoms with van der Waals surface area (Å²) in [5.41, 5.74) is 6.91. The fourth-order valence-electron chi connectivity index (χ4n) is 12.2. The highest BCUT2D eigenvalue weighted by atomic mass is 28.3. The first-order valence-corrected chi connectivity index (χ1v) is 29.2. The lowest BCUT2D eigenvalue weighted by molar-refractivity contribution is -0.0136. The highest BCUT2D eigenvalue weighted by Gasteiger charge is 2.48. The Hall–Kier alpha value is -2.45. The number of hydrogen-bond acceptors (Lipinski definition) is 4. The minimum Gasteiger partial charge on any atom is -0.507 e. The van der Waals surface area contributed by atoms with Gasteiger partial charge in [0.2, 0.25) is 0 Å². The summed E-state index contributed by atoms with van der Waals surface area (Å²) in [4.78, 5) is 0. The van der Waals surface area contributed by atoms with E-state index in [1.165, 1.54) is 89.9 Å². The van der Waals surface area contributed by atoms with Crippen molar-refractivity contribution in [1.29, 1.82) is 0 Å². The summed E-state index contributed by atoms with van der Waals surface area (Å²) in [6.07, 6.45) is 17.3. The minimum absolute atomic E-state index is 0.227. The molecule has 2 aliphatic heterocycles. The van der Waals surface area contributed by atoms with E-state index in [0.29, 0.717) is 23.3 Å². The molecule has 6 heteroatoms. The van der Waals surface area contributed by atoms with Gasteiger partial charge in [-0.25, -0.2) is 0 Å². The lowest BCUT2D eigenvalue weighted by Gasteiger charge is -2.49.